The zero-order chi connectivity index (χ0) is 21.6. The van der Waals surface area contributed by atoms with Crippen molar-refractivity contribution in [1.82, 2.24) is 29.6 Å². The third-order valence-electron chi connectivity index (χ3n) is 5.86. The van der Waals surface area contributed by atoms with E-state index >= 15 is 0 Å². The van der Waals surface area contributed by atoms with E-state index in [2.05, 4.69) is 44.0 Å². The predicted octanol–water partition coefficient (Wildman–Crippen LogP) is 2.55. The van der Waals surface area contributed by atoms with E-state index in [9.17, 15) is 8.76 Å². The minimum absolute atomic E-state index is 0.0500. The number of pyridine rings is 1. The highest BCUT2D eigenvalue weighted by molar-refractivity contribution is 7.77. The summed E-state index contributed by atoms with van der Waals surface area (Å²) in [5, 5.41) is 8.68. The summed E-state index contributed by atoms with van der Waals surface area (Å²) in [6, 6.07) is 14.2. The first-order chi connectivity index (χ1) is 15.1. The molecule has 1 aliphatic rings. The molecule has 0 saturated carbocycles. The van der Waals surface area contributed by atoms with Crippen LogP contribution in [0.5, 0.6) is 0 Å². The van der Waals surface area contributed by atoms with Crippen LogP contribution >= 0.6 is 0 Å². The van der Waals surface area contributed by atoms with Crippen LogP contribution in [0.3, 0.4) is 0 Å². The van der Waals surface area contributed by atoms with E-state index in [0.29, 0.717) is 12.5 Å². The van der Waals surface area contributed by atoms with Crippen LogP contribution in [0.25, 0.3) is 0 Å². The van der Waals surface area contributed by atoms with Crippen molar-refractivity contribution in [2.75, 3.05) is 13.1 Å². The van der Waals surface area contributed by atoms with Crippen molar-refractivity contribution in [1.29, 1.82) is 0 Å². The van der Waals surface area contributed by atoms with E-state index < -0.39 is 11.3 Å². The van der Waals surface area contributed by atoms with E-state index in [-0.39, 0.29) is 6.04 Å². The van der Waals surface area contributed by atoms with Crippen LogP contribution < -0.4 is 4.72 Å². The molecular formula is C22H27N6O2S-. The summed E-state index contributed by atoms with van der Waals surface area (Å²) in [4.78, 5) is 6.83. The number of piperidine rings is 1. The van der Waals surface area contributed by atoms with Crippen molar-refractivity contribution in [3.63, 3.8) is 0 Å². The number of nitrogens with one attached hydrogen (secondary N) is 1. The maximum absolute atomic E-state index is 10.7. The van der Waals surface area contributed by atoms with E-state index in [1.807, 2.05) is 41.2 Å². The van der Waals surface area contributed by atoms with E-state index in [4.69, 9.17) is 0 Å². The molecule has 2 atom stereocenters. The second-order valence-corrected chi connectivity index (χ2v) is 8.73. The van der Waals surface area contributed by atoms with Gasteiger partial charge in [0.15, 0.2) is 0 Å². The molecule has 31 heavy (non-hydrogen) atoms. The highest BCUT2D eigenvalue weighted by Crippen LogP contribution is 2.29. The fourth-order valence-electron chi connectivity index (χ4n) is 4.09. The van der Waals surface area contributed by atoms with E-state index in [0.717, 1.165) is 49.4 Å². The number of hydrogen-bond acceptors (Lipinski definition) is 6. The lowest BCUT2D eigenvalue weighted by atomic mass is 9.88. The predicted molar refractivity (Wildman–Crippen MR) is 118 cm³/mol. The summed E-state index contributed by atoms with van der Waals surface area (Å²) in [6.07, 6.45) is 5.96. The first-order valence-electron chi connectivity index (χ1n) is 10.5. The van der Waals surface area contributed by atoms with Gasteiger partial charge in [-0.05, 0) is 62.0 Å². The van der Waals surface area contributed by atoms with Gasteiger partial charge in [-0.2, -0.15) is 0 Å². The van der Waals surface area contributed by atoms with Gasteiger partial charge in [0.25, 0.3) is 0 Å². The topological polar surface area (TPSA) is 99.0 Å². The highest BCUT2D eigenvalue weighted by atomic mass is 32.2. The molecule has 3 heterocycles. The first-order valence-corrected chi connectivity index (χ1v) is 11.6. The Kier molecular flexibility index (Phi) is 7.18. The summed E-state index contributed by atoms with van der Waals surface area (Å²) >= 11 is -2.24. The largest absolute Gasteiger partial charge is 0.760 e. The molecule has 1 saturated heterocycles. The SMILES string of the molecule is CC(c1ccccn1)n1cc(CN2CCC(c3cccc(CNS(=O)[O-])c3)CC2)nn1. The Bertz CT molecular complexity index is 1000. The lowest BCUT2D eigenvalue weighted by molar-refractivity contribution is 0.202. The molecule has 1 fully saturated rings. The minimum atomic E-state index is -2.24. The minimum Gasteiger partial charge on any atom is -0.760 e. The van der Waals surface area contributed by atoms with Crippen LogP contribution in [-0.4, -0.2) is 46.7 Å². The Morgan fingerprint density at radius 2 is 2.06 bits per heavy atom. The number of aromatic nitrogens is 4. The first kappa shape index (κ1) is 21.8. The number of nitrogens with zero attached hydrogens (tertiary/aromatic N) is 5. The molecule has 3 aromatic rings. The van der Waals surface area contributed by atoms with Gasteiger partial charge in [0.1, 0.15) is 0 Å². The normalized spacial score (nSPS) is 17.5. The highest BCUT2D eigenvalue weighted by Gasteiger charge is 2.22. The second kappa shape index (κ2) is 10.2. The molecule has 0 spiro atoms. The Hall–Kier alpha value is -2.46. The molecule has 1 aromatic carbocycles. The van der Waals surface area contributed by atoms with Crippen molar-refractivity contribution in [3.8, 4) is 0 Å². The summed E-state index contributed by atoms with van der Waals surface area (Å²) in [5.74, 6) is 0.494. The summed E-state index contributed by atoms with van der Waals surface area (Å²) in [6.45, 7) is 5.20. The van der Waals surface area contributed by atoms with Crippen LogP contribution in [0.2, 0.25) is 0 Å². The van der Waals surface area contributed by atoms with Gasteiger partial charge in [0, 0.05) is 30.6 Å². The smallest absolute Gasteiger partial charge is 0.0967 e. The third-order valence-corrected chi connectivity index (χ3v) is 6.24. The standard InChI is InChI=1S/C22H28N6O2S/c1-17(22-7-2-3-10-23-22)28-16-21(25-26-28)15-27-11-8-19(9-12-27)20-6-4-5-18(13-20)14-24-31(29)30/h2-7,10,13,16-17,19,24H,8-9,11-12,14-15H2,1H3,(H,29,30)/p-1. The van der Waals surface area contributed by atoms with E-state index in [1.165, 1.54) is 5.56 Å². The molecule has 2 aromatic heterocycles. The van der Waals surface area contributed by atoms with Gasteiger partial charge in [-0.15, -0.1) is 5.10 Å². The van der Waals surface area contributed by atoms with Crippen LogP contribution in [-0.2, 0) is 24.4 Å². The van der Waals surface area contributed by atoms with Crippen molar-refractivity contribution in [2.45, 2.75) is 44.8 Å². The van der Waals surface area contributed by atoms with Crippen LogP contribution in [0, 0.1) is 0 Å². The molecule has 1 N–H and O–H groups in total. The summed E-state index contributed by atoms with van der Waals surface area (Å²) in [5.41, 5.74) is 4.21. The number of benzene rings is 1. The van der Waals surface area contributed by atoms with Gasteiger partial charge < -0.3 is 4.55 Å². The van der Waals surface area contributed by atoms with Crippen molar-refractivity contribution in [2.24, 2.45) is 0 Å². The molecule has 0 amide bonds. The van der Waals surface area contributed by atoms with Gasteiger partial charge in [0.05, 0.1) is 23.6 Å². The Morgan fingerprint density at radius 1 is 1.23 bits per heavy atom. The fourth-order valence-corrected chi connectivity index (χ4v) is 4.37. The maximum Gasteiger partial charge on any atom is 0.0967 e. The molecule has 9 heteroatoms. The molecule has 2 unspecified atom stereocenters. The number of rotatable bonds is 8. The number of hydrogen-bond donors (Lipinski definition) is 1. The Labute approximate surface area is 185 Å². The summed E-state index contributed by atoms with van der Waals surface area (Å²) in [7, 11) is 0. The zero-order valence-electron chi connectivity index (χ0n) is 17.6. The van der Waals surface area contributed by atoms with Crippen LogP contribution in [0.1, 0.15) is 54.2 Å². The third kappa shape index (κ3) is 5.82. The van der Waals surface area contributed by atoms with Gasteiger partial charge in [0.2, 0.25) is 0 Å². The Morgan fingerprint density at radius 3 is 2.81 bits per heavy atom. The average molecular weight is 440 g/mol. The van der Waals surface area contributed by atoms with Crippen LogP contribution in [0.15, 0.2) is 54.9 Å². The van der Waals surface area contributed by atoms with Gasteiger partial charge in [-0.3, -0.25) is 14.1 Å². The molecule has 1 aliphatic heterocycles. The van der Waals surface area contributed by atoms with Crippen LogP contribution in [0.4, 0.5) is 0 Å². The quantitative estimate of drug-likeness (QED) is 0.542. The van der Waals surface area contributed by atoms with E-state index in [1.54, 1.807) is 6.20 Å². The van der Waals surface area contributed by atoms with Gasteiger partial charge >= 0.3 is 0 Å². The molecular weight excluding hydrogens is 412 g/mol. The summed E-state index contributed by atoms with van der Waals surface area (Å²) < 4.78 is 25.8. The maximum atomic E-state index is 10.7. The Balaban J connectivity index is 1.30. The molecule has 164 valence electrons. The molecule has 0 radical (unpaired) electrons. The number of likely N-dealkylation sites (tertiary alicyclic amines) is 1. The average Bonchev–Trinajstić information content (AvgIpc) is 3.27. The molecule has 0 aliphatic carbocycles. The lowest BCUT2D eigenvalue weighted by Crippen LogP contribution is -2.32. The van der Waals surface area contributed by atoms with Crippen molar-refractivity contribution < 1.29 is 8.76 Å². The zero-order valence-corrected chi connectivity index (χ0v) is 18.4. The molecule has 0 bridgehead atoms. The van der Waals surface area contributed by atoms with Gasteiger partial charge in [-0.25, -0.2) is 9.40 Å². The monoisotopic (exact) mass is 439 g/mol. The van der Waals surface area contributed by atoms with Crippen molar-refractivity contribution in [3.05, 3.63) is 77.4 Å². The van der Waals surface area contributed by atoms with Gasteiger partial charge in [-0.1, -0.05) is 35.5 Å². The fraction of sp³-hybridized carbons (Fsp3) is 0.409. The second-order valence-electron chi connectivity index (χ2n) is 7.97. The molecule has 8 nitrogen and oxygen atoms in total. The molecule has 4 rings (SSSR count). The lowest BCUT2D eigenvalue weighted by Gasteiger charge is -2.31. The van der Waals surface area contributed by atoms with Crippen molar-refractivity contribution >= 4 is 11.3 Å².